The molecule has 1 atom stereocenters. The highest BCUT2D eigenvalue weighted by atomic mass is 16.3. The lowest BCUT2D eigenvalue weighted by Crippen LogP contribution is -2.39. The summed E-state index contributed by atoms with van der Waals surface area (Å²) in [5.74, 6) is 0.433. The zero-order valence-corrected chi connectivity index (χ0v) is 13.4. The molecule has 0 saturated heterocycles. The smallest absolute Gasteiger partial charge is 0.120 e. The molecule has 0 bridgehead atoms. The highest BCUT2D eigenvalue weighted by Gasteiger charge is 2.31. The molecular weight excluding hydrogens is 246 g/mol. The average Bonchev–Trinajstić information content (AvgIpc) is 2.41. The summed E-state index contributed by atoms with van der Waals surface area (Å²) in [4.78, 5) is 2.49. The first kappa shape index (κ1) is 15.4. The number of phenols is 1. The summed E-state index contributed by atoms with van der Waals surface area (Å²) in [5, 5.41) is 10.1. The molecule has 0 aromatic heterocycles. The van der Waals surface area contributed by atoms with Gasteiger partial charge < -0.3 is 5.11 Å². The van der Waals surface area contributed by atoms with Gasteiger partial charge in [0.25, 0.3) is 0 Å². The zero-order valence-electron chi connectivity index (χ0n) is 13.4. The average molecular weight is 275 g/mol. The lowest BCUT2D eigenvalue weighted by Gasteiger charge is -2.42. The van der Waals surface area contributed by atoms with Crippen molar-refractivity contribution in [2.24, 2.45) is 5.41 Å². The number of para-hydroxylation sites is 1. The van der Waals surface area contributed by atoms with E-state index in [-0.39, 0.29) is 0 Å². The van der Waals surface area contributed by atoms with E-state index in [0.717, 1.165) is 12.0 Å². The summed E-state index contributed by atoms with van der Waals surface area (Å²) in [6.45, 7) is 6.97. The summed E-state index contributed by atoms with van der Waals surface area (Å²) >= 11 is 0. The van der Waals surface area contributed by atoms with Gasteiger partial charge in [0.15, 0.2) is 0 Å². The SMILES string of the molecule is CCC(c1ccccc1O)N(C)C1CCC(C)(C)CC1. The van der Waals surface area contributed by atoms with E-state index in [4.69, 9.17) is 0 Å². The Labute approximate surface area is 123 Å². The van der Waals surface area contributed by atoms with Gasteiger partial charge in [-0.05, 0) is 50.6 Å². The third-order valence-electron chi connectivity index (χ3n) is 5.06. The third-order valence-corrected chi connectivity index (χ3v) is 5.06. The summed E-state index contributed by atoms with van der Waals surface area (Å²) in [5.41, 5.74) is 1.58. The number of hydrogen-bond acceptors (Lipinski definition) is 2. The van der Waals surface area contributed by atoms with E-state index in [1.165, 1.54) is 25.7 Å². The predicted molar refractivity (Wildman–Crippen MR) is 84.9 cm³/mol. The molecule has 2 heteroatoms. The van der Waals surface area contributed by atoms with Crippen LogP contribution in [0.15, 0.2) is 24.3 Å². The fraction of sp³-hybridized carbons (Fsp3) is 0.667. The van der Waals surface area contributed by atoms with Crippen LogP contribution in [0.2, 0.25) is 0 Å². The fourth-order valence-corrected chi connectivity index (χ4v) is 3.54. The Bertz CT molecular complexity index is 431. The largest absolute Gasteiger partial charge is 0.508 e. The molecule has 1 aliphatic rings. The molecular formula is C18H29NO. The van der Waals surface area contributed by atoms with Crippen LogP contribution in [0.1, 0.15) is 64.5 Å². The lowest BCUT2D eigenvalue weighted by molar-refractivity contribution is 0.0912. The van der Waals surface area contributed by atoms with Crippen molar-refractivity contribution in [2.75, 3.05) is 7.05 Å². The van der Waals surface area contributed by atoms with Crippen molar-refractivity contribution in [1.29, 1.82) is 0 Å². The normalized spacial score (nSPS) is 21.1. The van der Waals surface area contributed by atoms with Crippen molar-refractivity contribution in [1.82, 2.24) is 4.90 Å². The quantitative estimate of drug-likeness (QED) is 0.857. The standard InChI is InChI=1S/C18H29NO/c1-5-16(15-8-6-7-9-17(15)20)19(4)14-10-12-18(2,3)13-11-14/h6-9,14,16,20H,5,10-13H2,1-4H3. The fourth-order valence-electron chi connectivity index (χ4n) is 3.54. The molecule has 1 aromatic rings. The maximum atomic E-state index is 10.1. The van der Waals surface area contributed by atoms with Gasteiger partial charge in [0, 0.05) is 17.6 Å². The molecule has 2 rings (SSSR count). The molecule has 20 heavy (non-hydrogen) atoms. The van der Waals surface area contributed by atoms with Crippen molar-refractivity contribution in [3.05, 3.63) is 29.8 Å². The second-order valence-electron chi connectivity index (χ2n) is 7.04. The Hall–Kier alpha value is -1.02. The molecule has 0 amide bonds. The van der Waals surface area contributed by atoms with Crippen LogP contribution >= 0.6 is 0 Å². The number of phenolic OH excluding ortho intramolecular Hbond substituents is 1. The second-order valence-corrected chi connectivity index (χ2v) is 7.04. The Morgan fingerprint density at radius 1 is 1.25 bits per heavy atom. The number of benzene rings is 1. The third kappa shape index (κ3) is 3.35. The molecule has 1 N–H and O–H groups in total. The maximum Gasteiger partial charge on any atom is 0.120 e. The lowest BCUT2D eigenvalue weighted by atomic mass is 9.75. The summed E-state index contributed by atoms with van der Waals surface area (Å²) < 4.78 is 0. The first-order chi connectivity index (χ1) is 9.44. The molecule has 1 aromatic carbocycles. The minimum Gasteiger partial charge on any atom is -0.508 e. The van der Waals surface area contributed by atoms with Crippen LogP contribution in [0.4, 0.5) is 0 Å². The number of rotatable bonds is 4. The van der Waals surface area contributed by atoms with Crippen molar-refractivity contribution < 1.29 is 5.11 Å². The number of nitrogens with zero attached hydrogens (tertiary/aromatic N) is 1. The van der Waals surface area contributed by atoms with Gasteiger partial charge in [-0.25, -0.2) is 0 Å². The molecule has 0 radical (unpaired) electrons. The molecule has 0 heterocycles. The van der Waals surface area contributed by atoms with Crippen molar-refractivity contribution >= 4 is 0 Å². The molecule has 1 aliphatic carbocycles. The van der Waals surface area contributed by atoms with Gasteiger partial charge in [-0.15, -0.1) is 0 Å². The van der Waals surface area contributed by atoms with Crippen molar-refractivity contribution in [3.63, 3.8) is 0 Å². The summed E-state index contributed by atoms with van der Waals surface area (Å²) in [6.07, 6.45) is 6.19. The Morgan fingerprint density at radius 2 is 1.85 bits per heavy atom. The van der Waals surface area contributed by atoms with E-state index in [9.17, 15) is 5.11 Å². The van der Waals surface area contributed by atoms with E-state index < -0.39 is 0 Å². The van der Waals surface area contributed by atoms with Crippen molar-refractivity contribution in [3.8, 4) is 5.75 Å². The van der Waals surface area contributed by atoms with Crippen LogP contribution in [0, 0.1) is 5.41 Å². The van der Waals surface area contributed by atoms with Gasteiger partial charge in [0.1, 0.15) is 5.75 Å². The molecule has 1 saturated carbocycles. The van der Waals surface area contributed by atoms with Crippen molar-refractivity contribution in [2.45, 2.75) is 65.0 Å². The summed E-state index contributed by atoms with van der Waals surface area (Å²) in [6, 6.07) is 8.75. The van der Waals surface area contributed by atoms with Gasteiger partial charge in [-0.1, -0.05) is 39.0 Å². The Morgan fingerprint density at radius 3 is 2.40 bits per heavy atom. The monoisotopic (exact) mass is 275 g/mol. The first-order valence-corrected chi connectivity index (χ1v) is 7.94. The molecule has 2 nitrogen and oxygen atoms in total. The van der Waals surface area contributed by atoms with Crippen LogP contribution in [0.3, 0.4) is 0 Å². The number of hydrogen-bond donors (Lipinski definition) is 1. The Kier molecular flexibility index (Phi) is 4.74. The topological polar surface area (TPSA) is 23.5 Å². The highest BCUT2D eigenvalue weighted by molar-refractivity contribution is 5.34. The van der Waals surface area contributed by atoms with E-state index in [1.54, 1.807) is 6.07 Å². The maximum absolute atomic E-state index is 10.1. The first-order valence-electron chi connectivity index (χ1n) is 7.94. The Balaban J connectivity index is 2.10. The van der Waals surface area contributed by atoms with Crippen LogP contribution in [0.5, 0.6) is 5.75 Å². The molecule has 1 unspecified atom stereocenters. The van der Waals surface area contributed by atoms with Crippen LogP contribution < -0.4 is 0 Å². The van der Waals surface area contributed by atoms with E-state index in [2.05, 4.69) is 38.8 Å². The highest BCUT2D eigenvalue weighted by Crippen LogP contribution is 2.40. The molecule has 0 spiro atoms. The van der Waals surface area contributed by atoms with Gasteiger partial charge in [0.2, 0.25) is 0 Å². The van der Waals surface area contributed by atoms with Gasteiger partial charge in [0.05, 0.1) is 0 Å². The van der Waals surface area contributed by atoms with Crippen LogP contribution in [0.25, 0.3) is 0 Å². The van der Waals surface area contributed by atoms with Gasteiger partial charge >= 0.3 is 0 Å². The molecule has 112 valence electrons. The minimum atomic E-state index is 0.322. The van der Waals surface area contributed by atoms with Crippen LogP contribution in [-0.4, -0.2) is 23.1 Å². The van der Waals surface area contributed by atoms with E-state index in [1.807, 2.05) is 12.1 Å². The summed E-state index contributed by atoms with van der Waals surface area (Å²) in [7, 11) is 2.23. The van der Waals surface area contributed by atoms with Crippen LogP contribution in [-0.2, 0) is 0 Å². The van der Waals surface area contributed by atoms with E-state index in [0.29, 0.717) is 23.2 Å². The zero-order chi connectivity index (χ0) is 14.8. The second kappa shape index (κ2) is 6.17. The number of aromatic hydroxyl groups is 1. The van der Waals surface area contributed by atoms with Gasteiger partial charge in [-0.2, -0.15) is 0 Å². The van der Waals surface area contributed by atoms with Gasteiger partial charge in [-0.3, -0.25) is 4.90 Å². The molecule has 0 aliphatic heterocycles. The van der Waals surface area contributed by atoms with E-state index >= 15 is 0 Å². The minimum absolute atomic E-state index is 0.322. The molecule has 1 fully saturated rings. The predicted octanol–water partition coefficient (Wildman–Crippen LogP) is 4.74.